The third-order valence-electron chi connectivity index (χ3n) is 3.63. The maximum Gasteiger partial charge on any atom is 0.418 e. The van der Waals surface area contributed by atoms with Gasteiger partial charge >= 0.3 is 6.18 Å². The highest BCUT2D eigenvalue weighted by molar-refractivity contribution is 8.00. The molecule has 2 aromatic carbocycles. The topological polar surface area (TPSA) is 54.5 Å². The van der Waals surface area contributed by atoms with Gasteiger partial charge in [-0.15, -0.1) is 10.2 Å². The third-order valence-corrected chi connectivity index (χ3v) is 4.80. The highest BCUT2D eigenvalue weighted by atomic mass is 35.5. The average molecular weight is 409 g/mol. The van der Waals surface area contributed by atoms with Gasteiger partial charge in [-0.25, -0.2) is 0 Å². The number of alkyl halides is 3. The number of nitriles is 1. The fraction of sp³-hybridized carbons (Fsp3) is 0.167. The molecule has 3 rings (SSSR count). The van der Waals surface area contributed by atoms with E-state index in [0.29, 0.717) is 10.6 Å². The number of hydrogen-bond donors (Lipinski definition) is 0. The second-order valence-electron chi connectivity index (χ2n) is 5.56. The zero-order valence-electron chi connectivity index (χ0n) is 13.9. The minimum Gasteiger partial charge on any atom is -0.269 e. The Kier molecular flexibility index (Phi) is 5.44. The molecule has 138 valence electrons. The molecule has 0 saturated carbocycles. The summed E-state index contributed by atoms with van der Waals surface area (Å²) < 4.78 is 42.0. The number of para-hydroxylation sites is 1. The normalized spacial score (nSPS) is 12.6. The maximum atomic E-state index is 13.6. The van der Waals surface area contributed by atoms with E-state index in [0.717, 1.165) is 17.8 Å². The molecule has 0 aliphatic rings. The van der Waals surface area contributed by atoms with E-state index >= 15 is 0 Å². The van der Waals surface area contributed by atoms with Crippen molar-refractivity contribution >= 4 is 23.4 Å². The monoisotopic (exact) mass is 408 g/mol. The second-order valence-corrected chi connectivity index (χ2v) is 7.30. The lowest BCUT2D eigenvalue weighted by atomic mass is 10.1. The number of halogens is 4. The lowest BCUT2D eigenvalue weighted by Gasteiger charge is -2.16. The first-order valence-corrected chi connectivity index (χ1v) is 9.01. The lowest BCUT2D eigenvalue weighted by Crippen LogP contribution is -2.12. The van der Waals surface area contributed by atoms with Gasteiger partial charge in [0.05, 0.1) is 22.6 Å². The van der Waals surface area contributed by atoms with Crippen LogP contribution in [-0.2, 0) is 6.18 Å². The van der Waals surface area contributed by atoms with Gasteiger partial charge in [0.15, 0.2) is 11.0 Å². The van der Waals surface area contributed by atoms with Gasteiger partial charge < -0.3 is 0 Å². The van der Waals surface area contributed by atoms with Crippen LogP contribution in [0.15, 0.2) is 53.7 Å². The van der Waals surface area contributed by atoms with Gasteiger partial charge in [0, 0.05) is 10.6 Å². The van der Waals surface area contributed by atoms with Crippen molar-refractivity contribution in [1.29, 1.82) is 5.26 Å². The summed E-state index contributed by atoms with van der Waals surface area (Å²) in [5.74, 6) is 0.210. The highest BCUT2D eigenvalue weighted by Crippen LogP contribution is 2.38. The fourth-order valence-electron chi connectivity index (χ4n) is 2.47. The summed E-state index contributed by atoms with van der Waals surface area (Å²) in [6.07, 6.45) is -4.56. The molecule has 0 N–H and O–H groups in total. The Bertz CT molecular complexity index is 1010. The molecule has 0 radical (unpaired) electrons. The summed E-state index contributed by atoms with van der Waals surface area (Å²) in [5, 5.41) is 17.3. The van der Waals surface area contributed by atoms with Gasteiger partial charge in [0.2, 0.25) is 0 Å². The van der Waals surface area contributed by atoms with E-state index in [9.17, 15) is 13.2 Å². The van der Waals surface area contributed by atoms with Crippen molar-refractivity contribution in [2.24, 2.45) is 0 Å². The molecule has 0 bridgehead atoms. The minimum absolute atomic E-state index is 0.113. The molecule has 3 aromatic rings. The molecule has 0 unspecified atom stereocenters. The van der Waals surface area contributed by atoms with Crippen molar-refractivity contribution in [3.05, 3.63) is 59.1 Å². The van der Waals surface area contributed by atoms with E-state index in [1.165, 1.54) is 22.8 Å². The first-order valence-electron chi connectivity index (χ1n) is 7.75. The number of nitrogens with zero attached hydrogens (tertiary/aromatic N) is 4. The first-order chi connectivity index (χ1) is 12.8. The van der Waals surface area contributed by atoms with Crippen LogP contribution < -0.4 is 0 Å². The van der Waals surface area contributed by atoms with Gasteiger partial charge in [0.25, 0.3) is 0 Å². The third kappa shape index (κ3) is 4.10. The van der Waals surface area contributed by atoms with Gasteiger partial charge in [-0.1, -0.05) is 47.6 Å². The standard InChI is InChI=1S/C18H12ClF3N4S/c1-11(10-23)27-17-25-24-16(12-5-4-6-13(19)9-12)26(17)15-8-3-2-7-14(15)18(20,21)22/h2-9,11H,1H3/t11-/m0/s1. The maximum absolute atomic E-state index is 13.6. The molecule has 27 heavy (non-hydrogen) atoms. The van der Waals surface area contributed by atoms with Gasteiger partial charge in [-0.2, -0.15) is 18.4 Å². The van der Waals surface area contributed by atoms with Crippen LogP contribution in [0.1, 0.15) is 12.5 Å². The Morgan fingerprint density at radius 2 is 1.89 bits per heavy atom. The Hall–Kier alpha value is -2.50. The summed E-state index contributed by atoms with van der Waals surface area (Å²) in [6, 6.07) is 13.8. The molecular formula is C18H12ClF3N4S. The Morgan fingerprint density at radius 1 is 1.15 bits per heavy atom. The van der Waals surface area contributed by atoms with Crippen molar-refractivity contribution in [2.75, 3.05) is 0 Å². The smallest absolute Gasteiger partial charge is 0.269 e. The molecule has 0 aliphatic heterocycles. The summed E-state index contributed by atoms with van der Waals surface area (Å²) in [5.41, 5.74) is -0.416. The largest absolute Gasteiger partial charge is 0.418 e. The highest BCUT2D eigenvalue weighted by Gasteiger charge is 2.35. The quantitative estimate of drug-likeness (QED) is 0.526. The molecule has 9 heteroatoms. The minimum atomic E-state index is -4.56. The van der Waals surface area contributed by atoms with Gasteiger partial charge in [-0.05, 0) is 31.2 Å². The van der Waals surface area contributed by atoms with Crippen LogP contribution in [0.3, 0.4) is 0 Å². The lowest BCUT2D eigenvalue weighted by molar-refractivity contribution is -0.137. The summed E-state index contributed by atoms with van der Waals surface area (Å²) >= 11 is 7.06. The van der Waals surface area contributed by atoms with Crippen LogP contribution in [0.25, 0.3) is 17.1 Å². The van der Waals surface area contributed by atoms with Crippen LogP contribution in [0, 0.1) is 11.3 Å². The Morgan fingerprint density at radius 3 is 2.56 bits per heavy atom. The molecule has 1 atom stereocenters. The van der Waals surface area contributed by atoms with Gasteiger partial charge in [0.1, 0.15) is 0 Å². The molecule has 0 spiro atoms. The van der Waals surface area contributed by atoms with E-state index < -0.39 is 17.0 Å². The van der Waals surface area contributed by atoms with E-state index in [1.54, 1.807) is 31.2 Å². The van der Waals surface area contributed by atoms with E-state index in [1.807, 2.05) is 6.07 Å². The molecular weight excluding hydrogens is 397 g/mol. The number of rotatable bonds is 4. The first kappa shape index (κ1) is 19.3. The molecule has 1 heterocycles. The van der Waals surface area contributed by atoms with E-state index in [4.69, 9.17) is 16.9 Å². The fourth-order valence-corrected chi connectivity index (χ4v) is 3.41. The molecule has 0 amide bonds. The van der Waals surface area contributed by atoms with Crippen molar-refractivity contribution in [3.8, 4) is 23.1 Å². The number of aromatic nitrogens is 3. The number of benzene rings is 2. The summed E-state index contributed by atoms with van der Waals surface area (Å²) in [4.78, 5) is 0. The van der Waals surface area contributed by atoms with Crippen molar-refractivity contribution in [2.45, 2.75) is 23.5 Å². The molecule has 0 fully saturated rings. The van der Waals surface area contributed by atoms with Crippen LogP contribution in [0.4, 0.5) is 13.2 Å². The second kappa shape index (κ2) is 7.62. The Labute approximate surface area is 162 Å². The molecule has 0 aliphatic carbocycles. The zero-order valence-corrected chi connectivity index (χ0v) is 15.5. The number of hydrogen-bond acceptors (Lipinski definition) is 4. The van der Waals surface area contributed by atoms with Crippen LogP contribution in [-0.4, -0.2) is 20.0 Å². The average Bonchev–Trinajstić information content (AvgIpc) is 3.04. The summed E-state index contributed by atoms with van der Waals surface area (Å²) in [7, 11) is 0. The van der Waals surface area contributed by atoms with E-state index in [-0.39, 0.29) is 16.7 Å². The van der Waals surface area contributed by atoms with Crippen LogP contribution in [0.5, 0.6) is 0 Å². The van der Waals surface area contributed by atoms with Crippen molar-refractivity contribution < 1.29 is 13.2 Å². The van der Waals surface area contributed by atoms with Gasteiger partial charge in [-0.3, -0.25) is 4.57 Å². The predicted octanol–water partition coefficient (Wildman–Crippen LogP) is 5.61. The van der Waals surface area contributed by atoms with Crippen LogP contribution in [0.2, 0.25) is 5.02 Å². The molecule has 4 nitrogen and oxygen atoms in total. The number of thioether (sulfide) groups is 1. The van der Waals surface area contributed by atoms with Crippen LogP contribution >= 0.6 is 23.4 Å². The SMILES string of the molecule is C[C@@H](C#N)Sc1nnc(-c2cccc(Cl)c2)n1-c1ccccc1C(F)(F)F. The Balaban J connectivity index is 2.27. The summed E-state index contributed by atoms with van der Waals surface area (Å²) in [6.45, 7) is 1.64. The van der Waals surface area contributed by atoms with Crippen molar-refractivity contribution in [1.82, 2.24) is 14.8 Å². The zero-order chi connectivity index (χ0) is 19.6. The van der Waals surface area contributed by atoms with E-state index in [2.05, 4.69) is 10.2 Å². The van der Waals surface area contributed by atoms with Crippen molar-refractivity contribution in [3.63, 3.8) is 0 Å². The predicted molar refractivity (Wildman–Crippen MR) is 97.7 cm³/mol. The molecule has 1 aromatic heterocycles. The molecule has 0 saturated heterocycles.